The summed E-state index contributed by atoms with van der Waals surface area (Å²) in [4.78, 5) is 25.0. The Hall–Kier alpha value is -3.30. The van der Waals surface area contributed by atoms with E-state index in [9.17, 15) is 14.9 Å². The minimum absolute atomic E-state index is 0.0593. The molecule has 2 aromatic rings. The summed E-state index contributed by atoms with van der Waals surface area (Å²) < 4.78 is 1.24. The molecule has 1 heterocycles. The zero-order valence-electron chi connectivity index (χ0n) is 11.5. The van der Waals surface area contributed by atoms with Crippen LogP contribution in [0.2, 0.25) is 0 Å². The maximum Gasteiger partial charge on any atom is 0.490 e. The van der Waals surface area contributed by atoms with E-state index >= 15 is 0 Å². The van der Waals surface area contributed by atoms with Gasteiger partial charge in [0, 0.05) is 10.7 Å². The average molecular weight is 304 g/mol. The summed E-state index contributed by atoms with van der Waals surface area (Å²) in [5, 5.41) is 27.1. The summed E-state index contributed by atoms with van der Waals surface area (Å²) in [6, 6.07) is 5.69. The first kappa shape index (κ1) is 15.1. The van der Waals surface area contributed by atoms with Crippen LogP contribution >= 0.6 is 0 Å². The van der Waals surface area contributed by atoms with Crippen LogP contribution in [-0.4, -0.2) is 36.4 Å². The smallest absolute Gasteiger partial charge is 0.490 e. The van der Waals surface area contributed by atoms with Crippen molar-refractivity contribution >= 4 is 17.6 Å². The Morgan fingerprint density at radius 1 is 1.45 bits per heavy atom. The van der Waals surface area contributed by atoms with Crippen LogP contribution in [0.1, 0.15) is 17.3 Å². The number of hydrogen-bond donors (Lipinski definition) is 2. The SMILES string of the molecule is C/C(Cn1cnc([N+](=O)[O-])n1)=N\NC(=O)c1ccc(O)cc1. The number of phenolic OH excluding ortho intramolecular Hbond substituents is 1. The molecule has 1 aromatic carbocycles. The van der Waals surface area contributed by atoms with E-state index in [2.05, 4.69) is 20.6 Å². The third-order valence-electron chi connectivity index (χ3n) is 2.56. The molecule has 0 fully saturated rings. The van der Waals surface area contributed by atoms with Gasteiger partial charge in [0.2, 0.25) is 6.33 Å². The maximum absolute atomic E-state index is 11.8. The van der Waals surface area contributed by atoms with E-state index in [-0.39, 0.29) is 12.3 Å². The number of nitro groups is 1. The zero-order chi connectivity index (χ0) is 16.1. The van der Waals surface area contributed by atoms with E-state index < -0.39 is 16.8 Å². The fourth-order valence-corrected chi connectivity index (χ4v) is 1.54. The summed E-state index contributed by atoms with van der Waals surface area (Å²) in [6.45, 7) is 1.78. The van der Waals surface area contributed by atoms with Crippen molar-refractivity contribution in [1.29, 1.82) is 0 Å². The van der Waals surface area contributed by atoms with E-state index in [1.165, 1.54) is 35.3 Å². The summed E-state index contributed by atoms with van der Waals surface area (Å²) in [7, 11) is 0. The van der Waals surface area contributed by atoms with Crippen molar-refractivity contribution in [3.8, 4) is 5.75 Å². The molecule has 1 amide bonds. The molecular formula is C12H12N6O4. The molecule has 2 N–H and O–H groups in total. The number of aromatic hydroxyl groups is 1. The highest BCUT2D eigenvalue weighted by Gasteiger charge is 2.13. The third kappa shape index (κ3) is 3.85. The van der Waals surface area contributed by atoms with Crippen LogP contribution in [0.4, 0.5) is 5.95 Å². The number of hydrogen-bond acceptors (Lipinski definition) is 7. The maximum atomic E-state index is 11.8. The van der Waals surface area contributed by atoms with Gasteiger partial charge < -0.3 is 15.2 Å². The number of rotatable bonds is 5. The van der Waals surface area contributed by atoms with Gasteiger partial charge in [0.05, 0.1) is 12.3 Å². The van der Waals surface area contributed by atoms with Crippen molar-refractivity contribution in [2.45, 2.75) is 13.5 Å². The number of carbonyl (C=O) groups excluding carboxylic acids is 1. The van der Waals surface area contributed by atoms with Gasteiger partial charge in [0.15, 0.2) is 0 Å². The number of benzene rings is 1. The lowest BCUT2D eigenvalue weighted by atomic mass is 10.2. The van der Waals surface area contributed by atoms with Gasteiger partial charge in [-0.05, 0) is 36.1 Å². The molecule has 0 aliphatic heterocycles. The summed E-state index contributed by atoms with van der Waals surface area (Å²) >= 11 is 0. The second-order valence-corrected chi connectivity index (χ2v) is 4.33. The molecule has 0 spiro atoms. The lowest BCUT2D eigenvalue weighted by Gasteiger charge is -2.02. The molecule has 1 aromatic heterocycles. The van der Waals surface area contributed by atoms with Gasteiger partial charge in [0.25, 0.3) is 5.91 Å². The Kier molecular flexibility index (Phi) is 4.41. The Balaban J connectivity index is 1.95. The van der Waals surface area contributed by atoms with Crippen LogP contribution in [0.5, 0.6) is 5.75 Å². The number of hydrazone groups is 1. The van der Waals surface area contributed by atoms with Gasteiger partial charge in [-0.3, -0.25) is 4.79 Å². The molecule has 22 heavy (non-hydrogen) atoms. The van der Waals surface area contributed by atoms with Crippen LogP contribution < -0.4 is 5.43 Å². The van der Waals surface area contributed by atoms with Gasteiger partial charge in [-0.25, -0.2) is 5.43 Å². The van der Waals surface area contributed by atoms with E-state index in [1.807, 2.05) is 0 Å². The Morgan fingerprint density at radius 3 is 2.73 bits per heavy atom. The van der Waals surface area contributed by atoms with Gasteiger partial charge in [-0.2, -0.15) is 9.78 Å². The predicted molar refractivity (Wildman–Crippen MR) is 75.4 cm³/mol. The molecule has 0 radical (unpaired) electrons. The second kappa shape index (κ2) is 6.43. The molecule has 0 unspecified atom stereocenters. The fourth-order valence-electron chi connectivity index (χ4n) is 1.54. The van der Waals surface area contributed by atoms with Gasteiger partial charge in [0.1, 0.15) is 5.75 Å². The van der Waals surface area contributed by atoms with E-state index in [1.54, 1.807) is 6.92 Å². The Morgan fingerprint density at radius 2 is 2.14 bits per heavy atom. The van der Waals surface area contributed by atoms with Crippen molar-refractivity contribution in [2.75, 3.05) is 0 Å². The summed E-state index contributed by atoms with van der Waals surface area (Å²) in [5.41, 5.74) is 3.16. The normalized spacial score (nSPS) is 11.2. The molecule has 0 aliphatic carbocycles. The number of carbonyl (C=O) groups is 1. The largest absolute Gasteiger partial charge is 0.508 e. The molecule has 114 valence electrons. The predicted octanol–water partition coefficient (Wildman–Crippen LogP) is 0.698. The summed E-state index contributed by atoms with van der Waals surface area (Å²) in [6.07, 6.45) is 1.21. The first-order valence-corrected chi connectivity index (χ1v) is 6.12. The van der Waals surface area contributed by atoms with Crippen LogP contribution in [0, 0.1) is 10.1 Å². The van der Waals surface area contributed by atoms with Crippen molar-refractivity contribution in [1.82, 2.24) is 20.2 Å². The number of phenols is 1. The standard InChI is InChI=1S/C12H12N6O4/c1-8(6-17-7-13-12(16-17)18(21)22)14-15-11(20)9-2-4-10(19)5-3-9/h2-5,7,19H,6H2,1H3,(H,15,20)/b14-8+. The van der Waals surface area contributed by atoms with Crippen molar-refractivity contribution in [3.05, 3.63) is 46.3 Å². The van der Waals surface area contributed by atoms with E-state index in [0.717, 1.165) is 0 Å². The molecule has 0 bridgehead atoms. The molecule has 0 saturated carbocycles. The molecular weight excluding hydrogens is 292 g/mol. The monoisotopic (exact) mass is 304 g/mol. The summed E-state index contributed by atoms with van der Waals surface area (Å²) in [5.74, 6) is -0.881. The molecule has 0 aliphatic rings. The number of nitrogens with zero attached hydrogens (tertiary/aromatic N) is 5. The average Bonchev–Trinajstić information content (AvgIpc) is 2.94. The van der Waals surface area contributed by atoms with Gasteiger partial charge in [-0.15, -0.1) is 0 Å². The van der Waals surface area contributed by atoms with Gasteiger partial charge >= 0.3 is 5.95 Å². The van der Waals surface area contributed by atoms with E-state index in [0.29, 0.717) is 11.3 Å². The molecule has 2 rings (SSSR count). The topological polar surface area (TPSA) is 136 Å². The van der Waals surface area contributed by atoms with Crippen LogP contribution in [0.3, 0.4) is 0 Å². The molecule has 10 heteroatoms. The number of amides is 1. The van der Waals surface area contributed by atoms with Crippen LogP contribution in [-0.2, 0) is 6.54 Å². The van der Waals surface area contributed by atoms with Crippen LogP contribution in [0.25, 0.3) is 0 Å². The van der Waals surface area contributed by atoms with E-state index in [4.69, 9.17) is 5.11 Å². The number of nitrogens with one attached hydrogen (secondary N) is 1. The minimum atomic E-state index is -0.699. The van der Waals surface area contributed by atoms with Crippen molar-refractivity contribution in [3.63, 3.8) is 0 Å². The third-order valence-corrected chi connectivity index (χ3v) is 2.56. The lowest BCUT2D eigenvalue weighted by Crippen LogP contribution is -2.20. The Labute approximate surface area is 124 Å². The van der Waals surface area contributed by atoms with Gasteiger partial charge in [-0.1, -0.05) is 4.98 Å². The highest BCUT2D eigenvalue weighted by Crippen LogP contribution is 2.09. The quantitative estimate of drug-likeness (QED) is 0.474. The minimum Gasteiger partial charge on any atom is -0.508 e. The first-order chi connectivity index (χ1) is 10.5. The second-order valence-electron chi connectivity index (χ2n) is 4.33. The van der Waals surface area contributed by atoms with Crippen molar-refractivity contribution in [2.24, 2.45) is 5.10 Å². The Bertz CT molecular complexity index is 721. The molecule has 0 saturated heterocycles. The first-order valence-electron chi connectivity index (χ1n) is 6.12. The van der Waals surface area contributed by atoms with Crippen LogP contribution in [0.15, 0.2) is 35.7 Å². The lowest BCUT2D eigenvalue weighted by molar-refractivity contribution is -0.394. The fraction of sp³-hybridized carbons (Fsp3) is 0.167. The molecule has 0 atom stereocenters. The van der Waals surface area contributed by atoms with Crippen molar-refractivity contribution < 1.29 is 14.8 Å². The highest BCUT2D eigenvalue weighted by atomic mass is 16.6. The zero-order valence-corrected chi connectivity index (χ0v) is 11.5. The number of aromatic nitrogens is 3. The molecule has 10 nitrogen and oxygen atoms in total. The highest BCUT2D eigenvalue weighted by molar-refractivity contribution is 5.95.